The topological polar surface area (TPSA) is 82.2 Å². The Morgan fingerprint density at radius 1 is 1.00 bits per heavy atom. The SMILES string of the molecule is CN1CCN(C(=O)c2cc(-c3ccncc3)c(-c3ccc4c(c3)CC/C4=N\O)o2)CC1. The van der Waals surface area contributed by atoms with Gasteiger partial charge in [0.25, 0.3) is 5.91 Å². The van der Waals surface area contributed by atoms with E-state index in [9.17, 15) is 10.0 Å². The molecule has 1 amide bonds. The highest BCUT2D eigenvalue weighted by Crippen LogP contribution is 2.37. The summed E-state index contributed by atoms with van der Waals surface area (Å²) < 4.78 is 6.21. The predicted octanol–water partition coefficient (Wildman–Crippen LogP) is 3.52. The lowest BCUT2D eigenvalue weighted by Gasteiger charge is -2.31. The molecule has 1 fully saturated rings. The minimum Gasteiger partial charge on any atom is -0.450 e. The highest BCUT2D eigenvalue weighted by Gasteiger charge is 2.26. The number of carbonyl (C=O) groups is 1. The Morgan fingerprint density at radius 3 is 2.52 bits per heavy atom. The number of benzene rings is 1. The molecule has 1 N–H and O–H groups in total. The van der Waals surface area contributed by atoms with E-state index in [-0.39, 0.29) is 5.91 Å². The Bertz CT molecular complexity index is 1140. The number of aromatic nitrogens is 1. The molecule has 5 rings (SSSR count). The van der Waals surface area contributed by atoms with Crippen LogP contribution in [0, 0.1) is 0 Å². The van der Waals surface area contributed by atoms with Crippen molar-refractivity contribution in [3.8, 4) is 22.5 Å². The first-order valence-electron chi connectivity index (χ1n) is 10.5. The molecule has 1 aromatic carbocycles. The van der Waals surface area contributed by atoms with Gasteiger partial charge < -0.3 is 19.4 Å². The van der Waals surface area contributed by atoms with Crippen molar-refractivity contribution < 1.29 is 14.4 Å². The van der Waals surface area contributed by atoms with Crippen LogP contribution in [0.15, 0.2) is 58.4 Å². The molecular formula is C24H24N4O3. The average Bonchev–Trinajstić information content (AvgIpc) is 3.44. The number of carbonyl (C=O) groups excluding carboxylic acids is 1. The van der Waals surface area contributed by atoms with Gasteiger partial charge in [0.05, 0.1) is 5.71 Å². The standard InChI is InChI=1S/C24H24N4O3/c1-27-10-12-28(13-11-27)24(29)22-15-20(16-6-8-25-9-7-16)23(31-22)18-2-4-19-17(14-18)3-5-21(19)26-30/h2,4,6-9,14-15,30H,3,5,10-13H2,1H3/b26-21+. The van der Waals surface area contributed by atoms with Crippen molar-refractivity contribution in [1.29, 1.82) is 0 Å². The number of likely N-dealkylation sites (N-methyl/N-ethyl adjacent to an activating group) is 1. The number of piperazine rings is 1. The molecule has 0 saturated carbocycles. The van der Waals surface area contributed by atoms with Gasteiger partial charge in [-0.15, -0.1) is 0 Å². The molecule has 0 radical (unpaired) electrons. The van der Waals surface area contributed by atoms with Gasteiger partial charge in [-0.05, 0) is 55.3 Å². The van der Waals surface area contributed by atoms with Gasteiger partial charge in [-0.1, -0.05) is 17.3 Å². The molecule has 2 aromatic heterocycles. The molecule has 7 heteroatoms. The summed E-state index contributed by atoms with van der Waals surface area (Å²) in [7, 11) is 2.06. The van der Waals surface area contributed by atoms with E-state index in [1.807, 2.05) is 35.2 Å². The summed E-state index contributed by atoms with van der Waals surface area (Å²) in [5, 5.41) is 12.6. The predicted molar refractivity (Wildman–Crippen MR) is 117 cm³/mol. The fourth-order valence-corrected chi connectivity index (χ4v) is 4.34. The monoisotopic (exact) mass is 416 g/mol. The lowest BCUT2D eigenvalue weighted by molar-refractivity contribution is 0.0633. The van der Waals surface area contributed by atoms with Crippen molar-refractivity contribution in [2.75, 3.05) is 33.2 Å². The van der Waals surface area contributed by atoms with E-state index in [2.05, 4.69) is 28.2 Å². The third-order valence-electron chi connectivity index (χ3n) is 6.15. The Hall–Kier alpha value is -3.45. The second-order valence-corrected chi connectivity index (χ2v) is 8.10. The second kappa shape index (κ2) is 8.00. The first-order chi connectivity index (χ1) is 15.1. The second-order valence-electron chi connectivity index (χ2n) is 8.10. The first kappa shape index (κ1) is 19.5. The third-order valence-corrected chi connectivity index (χ3v) is 6.15. The van der Waals surface area contributed by atoms with E-state index in [0.717, 1.165) is 53.7 Å². The van der Waals surface area contributed by atoms with Crippen molar-refractivity contribution in [3.05, 3.63) is 65.7 Å². The van der Waals surface area contributed by atoms with Crippen LogP contribution in [0.25, 0.3) is 22.5 Å². The Labute approximate surface area is 180 Å². The fourth-order valence-electron chi connectivity index (χ4n) is 4.34. The zero-order chi connectivity index (χ0) is 21.4. The molecule has 158 valence electrons. The van der Waals surface area contributed by atoms with Crippen molar-refractivity contribution in [2.24, 2.45) is 5.16 Å². The van der Waals surface area contributed by atoms with E-state index in [1.165, 1.54) is 0 Å². The minimum atomic E-state index is -0.0782. The lowest BCUT2D eigenvalue weighted by Crippen LogP contribution is -2.47. The number of hydrogen-bond donors (Lipinski definition) is 1. The third kappa shape index (κ3) is 3.61. The van der Waals surface area contributed by atoms with Crippen molar-refractivity contribution in [2.45, 2.75) is 12.8 Å². The van der Waals surface area contributed by atoms with Gasteiger partial charge in [0.1, 0.15) is 5.76 Å². The van der Waals surface area contributed by atoms with Gasteiger partial charge in [-0.2, -0.15) is 0 Å². The zero-order valence-electron chi connectivity index (χ0n) is 17.4. The summed E-state index contributed by atoms with van der Waals surface area (Å²) in [6.45, 7) is 3.10. The molecule has 1 aliphatic heterocycles. The van der Waals surface area contributed by atoms with E-state index in [0.29, 0.717) is 30.3 Å². The van der Waals surface area contributed by atoms with Crippen molar-refractivity contribution in [1.82, 2.24) is 14.8 Å². The summed E-state index contributed by atoms with van der Waals surface area (Å²) in [6, 6.07) is 11.7. The van der Waals surface area contributed by atoms with Gasteiger partial charge in [0, 0.05) is 55.3 Å². The van der Waals surface area contributed by atoms with Gasteiger partial charge in [0.15, 0.2) is 5.76 Å². The highest BCUT2D eigenvalue weighted by atomic mass is 16.4. The molecule has 0 bridgehead atoms. The molecule has 0 spiro atoms. The van der Waals surface area contributed by atoms with E-state index in [1.54, 1.807) is 12.4 Å². The maximum absolute atomic E-state index is 13.2. The Morgan fingerprint density at radius 2 is 1.77 bits per heavy atom. The summed E-state index contributed by atoms with van der Waals surface area (Å²) in [4.78, 5) is 21.3. The van der Waals surface area contributed by atoms with Crippen LogP contribution in [0.5, 0.6) is 0 Å². The van der Waals surface area contributed by atoms with Gasteiger partial charge in [-0.25, -0.2) is 0 Å². The lowest BCUT2D eigenvalue weighted by atomic mass is 9.99. The van der Waals surface area contributed by atoms with Crippen molar-refractivity contribution >= 4 is 11.6 Å². The Kier molecular flexibility index (Phi) is 5.03. The largest absolute Gasteiger partial charge is 0.450 e. The molecule has 1 aliphatic carbocycles. The quantitative estimate of drug-likeness (QED) is 0.522. The van der Waals surface area contributed by atoms with Crippen molar-refractivity contribution in [3.63, 3.8) is 0 Å². The number of furan rings is 1. The number of pyridine rings is 1. The average molecular weight is 416 g/mol. The van der Waals surface area contributed by atoms with Crippen LogP contribution < -0.4 is 0 Å². The number of amides is 1. The maximum atomic E-state index is 13.2. The molecule has 3 heterocycles. The number of nitrogens with zero attached hydrogens (tertiary/aromatic N) is 4. The number of hydrogen-bond acceptors (Lipinski definition) is 6. The van der Waals surface area contributed by atoms with Crippen LogP contribution in [0.2, 0.25) is 0 Å². The van der Waals surface area contributed by atoms with Crippen LogP contribution in [0.1, 0.15) is 28.1 Å². The highest BCUT2D eigenvalue weighted by molar-refractivity contribution is 6.04. The van der Waals surface area contributed by atoms with E-state index in [4.69, 9.17) is 4.42 Å². The number of fused-ring (bicyclic) bond motifs is 1. The molecule has 0 unspecified atom stereocenters. The summed E-state index contributed by atoms with van der Waals surface area (Å²) in [5.41, 5.74) is 5.52. The molecular weight excluding hydrogens is 392 g/mol. The maximum Gasteiger partial charge on any atom is 0.289 e. The number of rotatable bonds is 3. The van der Waals surface area contributed by atoms with Crippen LogP contribution in [-0.2, 0) is 6.42 Å². The normalized spacial score (nSPS) is 17.8. The van der Waals surface area contributed by atoms with Crippen LogP contribution in [-0.4, -0.2) is 64.8 Å². The minimum absolute atomic E-state index is 0.0782. The zero-order valence-corrected chi connectivity index (χ0v) is 17.4. The summed E-state index contributed by atoms with van der Waals surface area (Å²) >= 11 is 0. The van der Waals surface area contributed by atoms with E-state index >= 15 is 0 Å². The van der Waals surface area contributed by atoms with Crippen LogP contribution in [0.3, 0.4) is 0 Å². The molecule has 1 saturated heterocycles. The van der Waals surface area contributed by atoms with Gasteiger partial charge >= 0.3 is 0 Å². The van der Waals surface area contributed by atoms with E-state index < -0.39 is 0 Å². The van der Waals surface area contributed by atoms with Crippen LogP contribution >= 0.6 is 0 Å². The molecule has 3 aromatic rings. The molecule has 31 heavy (non-hydrogen) atoms. The Balaban J connectivity index is 1.56. The number of oxime groups is 1. The molecule has 2 aliphatic rings. The summed E-state index contributed by atoms with van der Waals surface area (Å²) in [6.07, 6.45) is 5.01. The molecule has 0 atom stereocenters. The van der Waals surface area contributed by atoms with Gasteiger partial charge in [0.2, 0.25) is 0 Å². The number of aryl methyl sites for hydroxylation is 1. The summed E-state index contributed by atoms with van der Waals surface area (Å²) in [5.74, 6) is 0.941. The smallest absolute Gasteiger partial charge is 0.289 e. The molecule has 7 nitrogen and oxygen atoms in total. The van der Waals surface area contributed by atoms with Gasteiger partial charge in [-0.3, -0.25) is 9.78 Å². The first-order valence-corrected chi connectivity index (χ1v) is 10.5. The fraction of sp³-hybridized carbons (Fsp3) is 0.292. The van der Waals surface area contributed by atoms with Crippen LogP contribution in [0.4, 0.5) is 0 Å².